The number of nitrogens with zero attached hydrogens (tertiary/aromatic N) is 1. The summed E-state index contributed by atoms with van der Waals surface area (Å²) in [6, 6.07) is 5.98. The molecular weight excluding hydrogens is 250 g/mol. The Balaban J connectivity index is 2.03. The summed E-state index contributed by atoms with van der Waals surface area (Å²) >= 11 is 0. The van der Waals surface area contributed by atoms with E-state index in [1.54, 1.807) is 12.1 Å². The van der Waals surface area contributed by atoms with Crippen molar-refractivity contribution in [3.8, 4) is 0 Å². The first kappa shape index (κ1) is 14.9. The van der Waals surface area contributed by atoms with Crippen molar-refractivity contribution in [3.05, 3.63) is 29.3 Å². The maximum atomic E-state index is 11.1. The summed E-state index contributed by atoms with van der Waals surface area (Å²) in [6.45, 7) is 3.15. The highest BCUT2D eigenvalue weighted by Gasteiger charge is 2.22. The molecule has 110 valence electrons. The van der Waals surface area contributed by atoms with Gasteiger partial charge in [0.05, 0.1) is 0 Å². The standard InChI is InChI=1S/C16H25N3O/c1-11-4-3-5-14(8-11)19(2)10-13-7-6-12(16(18)20)9-15(13)17/h6-7,9,11,14H,3-5,8,10,17H2,1-2H3,(H2,18,20). The van der Waals surface area contributed by atoms with Crippen molar-refractivity contribution in [3.63, 3.8) is 0 Å². The second kappa shape index (κ2) is 6.27. The molecule has 0 aromatic heterocycles. The molecule has 1 fully saturated rings. The lowest BCUT2D eigenvalue weighted by atomic mass is 9.86. The molecule has 1 amide bonds. The van der Waals surface area contributed by atoms with Gasteiger partial charge in [-0.15, -0.1) is 0 Å². The van der Waals surface area contributed by atoms with Crippen molar-refractivity contribution < 1.29 is 4.79 Å². The number of primary amides is 1. The van der Waals surface area contributed by atoms with E-state index in [2.05, 4.69) is 18.9 Å². The van der Waals surface area contributed by atoms with Crippen LogP contribution in [-0.2, 0) is 6.54 Å². The van der Waals surface area contributed by atoms with Crippen molar-refractivity contribution in [1.82, 2.24) is 4.90 Å². The van der Waals surface area contributed by atoms with Gasteiger partial charge in [0.1, 0.15) is 0 Å². The summed E-state index contributed by atoms with van der Waals surface area (Å²) in [5.74, 6) is 0.378. The zero-order valence-corrected chi connectivity index (χ0v) is 12.4. The molecule has 1 aromatic rings. The minimum absolute atomic E-state index is 0.433. The summed E-state index contributed by atoms with van der Waals surface area (Å²) < 4.78 is 0. The van der Waals surface area contributed by atoms with E-state index in [1.165, 1.54) is 25.7 Å². The Labute approximate surface area is 121 Å². The lowest BCUT2D eigenvalue weighted by molar-refractivity contribution is 0.100. The SMILES string of the molecule is CC1CCCC(N(C)Cc2ccc(C(N)=O)cc2N)C1. The van der Waals surface area contributed by atoms with Crippen LogP contribution in [0.5, 0.6) is 0 Å². The predicted molar refractivity (Wildman–Crippen MR) is 82.3 cm³/mol. The molecule has 4 nitrogen and oxygen atoms in total. The van der Waals surface area contributed by atoms with Crippen LogP contribution in [0.2, 0.25) is 0 Å². The lowest BCUT2D eigenvalue weighted by Crippen LogP contribution is -2.35. The largest absolute Gasteiger partial charge is 0.398 e. The summed E-state index contributed by atoms with van der Waals surface area (Å²) in [7, 11) is 2.16. The highest BCUT2D eigenvalue weighted by molar-refractivity contribution is 5.93. The van der Waals surface area contributed by atoms with Crippen LogP contribution < -0.4 is 11.5 Å². The molecule has 4 heteroatoms. The fourth-order valence-corrected chi connectivity index (χ4v) is 3.09. The molecule has 0 radical (unpaired) electrons. The fraction of sp³-hybridized carbons (Fsp3) is 0.562. The normalized spacial score (nSPS) is 22.9. The number of anilines is 1. The molecule has 2 rings (SSSR count). The zero-order valence-electron chi connectivity index (χ0n) is 12.4. The van der Waals surface area contributed by atoms with Gasteiger partial charge in [0, 0.05) is 23.8 Å². The van der Waals surface area contributed by atoms with E-state index in [9.17, 15) is 4.79 Å². The van der Waals surface area contributed by atoms with Gasteiger partial charge in [-0.05, 0) is 43.5 Å². The van der Waals surface area contributed by atoms with E-state index in [4.69, 9.17) is 11.5 Å². The van der Waals surface area contributed by atoms with Crippen LogP contribution in [0.4, 0.5) is 5.69 Å². The molecule has 0 spiro atoms. The van der Waals surface area contributed by atoms with Crippen LogP contribution in [-0.4, -0.2) is 23.9 Å². The Morgan fingerprint density at radius 1 is 1.40 bits per heavy atom. The average Bonchev–Trinajstić information content (AvgIpc) is 2.40. The van der Waals surface area contributed by atoms with Gasteiger partial charge in [0.2, 0.25) is 5.91 Å². The van der Waals surface area contributed by atoms with Gasteiger partial charge in [0.15, 0.2) is 0 Å². The monoisotopic (exact) mass is 275 g/mol. The second-order valence-electron chi connectivity index (χ2n) is 6.12. The third-order valence-corrected chi connectivity index (χ3v) is 4.38. The molecule has 1 aliphatic rings. The second-order valence-corrected chi connectivity index (χ2v) is 6.12. The summed E-state index contributed by atoms with van der Waals surface area (Å²) in [5.41, 5.74) is 13.5. The average molecular weight is 275 g/mol. The van der Waals surface area contributed by atoms with Crippen molar-refractivity contribution in [2.24, 2.45) is 11.7 Å². The van der Waals surface area contributed by atoms with Crippen LogP contribution in [0.25, 0.3) is 0 Å². The van der Waals surface area contributed by atoms with E-state index >= 15 is 0 Å². The van der Waals surface area contributed by atoms with Crippen LogP contribution >= 0.6 is 0 Å². The van der Waals surface area contributed by atoms with Crippen molar-refractivity contribution >= 4 is 11.6 Å². The quantitative estimate of drug-likeness (QED) is 0.829. The highest BCUT2D eigenvalue weighted by atomic mass is 16.1. The Morgan fingerprint density at radius 2 is 2.15 bits per heavy atom. The molecule has 0 aliphatic heterocycles. The number of carbonyl (C=O) groups is 1. The molecule has 1 saturated carbocycles. The van der Waals surface area contributed by atoms with Crippen molar-refractivity contribution in [1.29, 1.82) is 0 Å². The number of nitrogen functional groups attached to an aromatic ring is 1. The van der Waals surface area contributed by atoms with E-state index < -0.39 is 5.91 Å². The van der Waals surface area contributed by atoms with E-state index in [-0.39, 0.29) is 0 Å². The smallest absolute Gasteiger partial charge is 0.248 e. The molecular formula is C16H25N3O. The Hall–Kier alpha value is -1.55. The molecule has 2 unspecified atom stereocenters. The third-order valence-electron chi connectivity index (χ3n) is 4.38. The topological polar surface area (TPSA) is 72.3 Å². The summed E-state index contributed by atoms with van der Waals surface area (Å²) in [5, 5.41) is 0. The third kappa shape index (κ3) is 3.51. The van der Waals surface area contributed by atoms with Gasteiger partial charge in [-0.1, -0.05) is 25.8 Å². The maximum Gasteiger partial charge on any atom is 0.248 e. The lowest BCUT2D eigenvalue weighted by Gasteiger charge is -2.34. The van der Waals surface area contributed by atoms with E-state index in [1.807, 2.05) is 6.07 Å². The van der Waals surface area contributed by atoms with E-state index in [0.717, 1.165) is 18.0 Å². The predicted octanol–water partition coefficient (Wildman–Crippen LogP) is 2.38. The molecule has 4 N–H and O–H groups in total. The molecule has 1 aromatic carbocycles. The molecule has 1 aliphatic carbocycles. The molecule has 20 heavy (non-hydrogen) atoms. The number of benzene rings is 1. The Bertz CT molecular complexity index is 487. The minimum atomic E-state index is -0.433. The number of hydrogen-bond donors (Lipinski definition) is 2. The molecule has 0 heterocycles. The number of rotatable bonds is 4. The van der Waals surface area contributed by atoms with Crippen LogP contribution in [0.3, 0.4) is 0 Å². The molecule has 2 atom stereocenters. The fourth-order valence-electron chi connectivity index (χ4n) is 3.09. The van der Waals surface area contributed by atoms with Crippen molar-refractivity contribution in [2.75, 3.05) is 12.8 Å². The first-order valence-corrected chi connectivity index (χ1v) is 7.36. The van der Waals surface area contributed by atoms with Gasteiger partial charge in [0.25, 0.3) is 0 Å². The maximum absolute atomic E-state index is 11.1. The van der Waals surface area contributed by atoms with E-state index in [0.29, 0.717) is 17.3 Å². The Morgan fingerprint density at radius 3 is 2.75 bits per heavy atom. The molecule has 0 saturated heterocycles. The van der Waals surface area contributed by atoms with Crippen LogP contribution in [0.1, 0.15) is 48.5 Å². The van der Waals surface area contributed by atoms with Crippen molar-refractivity contribution in [2.45, 2.75) is 45.2 Å². The number of hydrogen-bond acceptors (Lipinski definition) is 3. The Kier molecular flexibility index (Phi) is 4.65. The summed E-state index contributed by atoms with van der Waals surface area (Å²) in [4.78, 5) is 13.5. The minimum Gasteiger partial charge on any atom is -0.398 e. The highest BCUT2D eigenvalue weighted by Crippen LogP contribution is 2.28. The zero-order chi connectivity index (χ0) is 14.7. The van der Waals surface area contributed by atoms with Crippen LogP contribution in [0, 0.1) is 5.92 Å². The number of nitrogens with two attached hydrogens (primary N) is 2. The first-order valence-electron chi connectivity index (χ1n) is 7.36. The van der Waals surface area contributed by atoms with Crippen LogP contribution in [0.15, 0.2) is 18.2 Å². The molecule has 0 bridgehead atoms. The van der Waals surface area contributed by atoms with Gasteiger partial charge in [-0.2, -0.15) is 0 Å². The van der Waals surface area contributed by atoms with Gasteiger partial charge in [-0.3, -0.25) is 9.69 Å². The first-order chi connectivity index (χ1) is 9.47. The number of amides is 1. The summed E-state index contributed by atoms with van der Waals surface area (Å²) in [6.07, 6.45) is 5.18. The number of carbonyl (C=O) groups excluding carboxylic acids is 1. The van der Waals surface area contributed by atoms with Gasteiger partial charge >= 0.3 is 0 Å². The van der Waals surface area contributed by atoms with Gasteiger partial charge < -0.3 is 11.5 Å². The van der Waals surface area contributed by atoms with Gasteiger partial charge in [-0.25, -0.2) is 0 Å².